The van der Waals surface area contributed by atoms with Crippen molar-refractivity contribution in [3.05, 3.63) is 29.3 Å². The third-order valence-electron chi connectivity index (χ3n) is 4.92. The van der Waals surface area contributed by atoms with Crippen molar-refractivity contribution in [1.82, 2.24) is 4.90 Å². The number of amides is 3. The number of alkyl halides is 4. The van der Waals surface area contributed by atoms with Gasteiger partial charge in [0.05, 0.1) is 41.3 Å². The lowest BCUT2D eigenvalue weighted by Crippen LogP contribution is -2.49. The number of rotatable bonds is 8. The zero-order valence-corrected chi connectivity index (χ0v) is 19.3. The summed E-state index contributed by atoms with van der Waals surface area (Å²) < 4.78 is 63.8. The molecule has 13 heteroatoms. The molecule has 0 aromatic heterocycles. The molecule has 1 unspecified atom stereocenters. The summed E-state index contributed by atoms with van der Waals surface area (Å²) in [5.41, 5.74) is -2.69. The molecule has 35 heavy (non-hydrogen) atoms. The predicted molar refractivity (Wildman–Crippen MR) is 111 cm³/mol. The number of benzene rings is 1. The van der Waals surface area contributed by atoms with Gasteiger partial charge in [-0.05, 0) is 18.2 Å². The molecule has 1 aliphatic rings. The van der Waals surface area contributed by atoms with Crippen molar-refractivity contribution < 1.29 is 46.2 Å². The summed E-state index contributed by atoms with van der Waals surface area (Å²) in [5, 5.41) is 8.98. The van der Waals surface area contributed by atoms with Crippen molar-refractivity contribution in [1.29, 1.82) is 5.26 Å². The molecular formula is C22H23F4N3O6. The van der Waals surface area contributed by atoms with Crippen molar-refractivity contribution in [3.63, 3.8) is 0 Å². The van der Waals surface area contributed by atoms with E-state index in [9.17, 15) is 36.7 Å². The third-order valence-corrected chi connectivity index (χ3v) is 4.92. The minimum absolute atomic E-state index is 0.330. The summed E-state index contributed by atoms with van der Waals surface area (Å²) in [6.07, 6.45) is -6.96. The summed E-state index contributed by atoms with van der Waals surface area (Å²) in [4.78, 5) is 51.7. The first-order valence-electron chi connectivity index (χ1n) is 10.5. The number of esters is 2. The van der Waals surface area contributed by atoms with Crippen LogP contribution in [-0.4, -0.2) is 54.3 Å². The second-order valence-corrected chi connectivity index (χ2v) is 8.17. The lowest BCUT2D eigenvalue weighted by Gasteiger charge is -2.28. The summed E-state index contributed by atoms with van der Waals surface area (Å²) >= 11 is 0. The van der Waals surface area contributed by atoms with Crippen LogP contribution in [0.4, 0.5) is 28.0 Å². The first-order valence-corrected chi connectivity index (χ1v) is 10.5. The van der Waals surface area contributed by atoms with Crippen LogP contribution >= 0.6 is 0 Å². The molecule has 1 saturated heterocycles. The van der Waals surface area contributed by atoms with Gasteiger partial charge in [-0.1, -0.05) is 27.7 Å². The first-order chi connectivity index (χ1) is 16.2. The number of ether oxygens (including phenoxy) is 2. The fourth-order valence-corrected chi connectivity index (χ4v) is 3.09. The van der Waals surface area contributed by atoms with Gasteiger partial charge in [0.25, 0.3) is 12.2 Å². The molecule has 0 spiro atoms. The van der Waals surface area contributed by atoms with Crippen LogP contribution in [0.2, 0.25) is 0 Å². The molecule has 0 aliphatic carbocycles. The second-order valence-electron chi connectivity index (χ2n) is 8.17. The van der Waals surface area contributed by atoms with Crippen LogP contribution in [-0.2, 0) is 30.0 Å². The summed E-state index contributed by atoms with van der Waals surface area (Å²) in [6.45, 7) is 3.94. The van der Waals surface area contributed by atoms with Gasteiger partial charge in [-0.3, -0.25) is 14.4 Å². The fourth-order valence-electron chi connectivity index (χ4n) is 3.09. The molecule has 0 N–H and O–H groups in total. The topological polar surface area (TPSA) is 117 Å². The largest absolute Gasteiger partial charge is 0.422 e. The van der Waals surface area contributed by atoms with Crippen LogP contribution in [0.1, 0.15) is 38.8 Å². The Morgan fingerprint density at radius 3 is 2.06 bits per heavy atom. The molecule has 1 aromatic carbocycles. The molecule has 1 heterocycles. The van der Waals surface area contributed by atoms with E-state index in [1.165, 1.54) is 33.8 Å². The predicted octanol–water partition coefficient (Wildman–Crippen LogP) is 3.41. The summed E-state index contributed by atoms with van der Waals surface area (Å²) in [5.74, 6) is -4.48. The maximum Gasteiger partial charge on any atom is 0.417 e. The number of nitriles is 1. The SMILES string of the molecule is CC(C)C(=O)OC(OC(=O)C(C)C)C1C(=O)N(c2ccc(C#N)c(C(F)(F)F)c2)C(=O)N1CCF. The van der Waals surface area contributed by atoms with E-state index < -0.39 is 84.3 Å². The fraction of sp³-hybridized carbons (Fsp3) is 0.500. The van der Waals surface area contributed by atoms with Crippen molar-refractivity contribution in [2.45, 2.75) is 46.2 Å². The molecule has 0 radical (unpaired) electrons. The molecule has 9 nitrogen and oxygen atoms in total. The zero-order chi connectivity index (χ0) is 26.7. The normalized spacial score (nSPS) is 16.3. The number of carbonyl (C=O) groups excluding carboxylic acids is 4. The van der Waals surface area contributed by atoms with Crippen LogP contribution in [0, 0.1) is 23.2 Å². The van der Waals surface area contributed by atoms with Gasteiger partial charge in [0, 0.05) is 0 Å². The van der Waals surface area contributed by atoms with Gasteiger partial charge in [-0.2, -0.15) is 18.4 Å². The van der Waals surface area contributed by atoms with Crippen LogP contribution in [0.5, 0.6) is 0 Å². The van der Waals surface area contributed by atoms with Crippen LogP contribution in [0.15, 0.2) is 18.2 Å². The Bertz CT molecular complexity index is 1030. The van der Waals surface area contributed by atoms with E-state index in [0.717, 1.165) is 12.1 Å². The van der Waals surface area contributed by atoms with Crippen molar-refractivity contribution in [3.8, 4) is 6.07 Å². The number of hydrogen-bond acceptors (Lipinski definition) is 7. The lowest BCUT2D eigenvalue weighted by atomic mass is 10.1. The van der Waals surface area contributed by atoms with Crippen molar-refractivity contribution >= 4 is 29.6 Å². The monoisotopic (exact) mass is 501 g/mol. The highest BCUT2D eigenvalue weighted by atomic mass is 19.4. The Hall–Kier alpha value is -3.69. The smallest absolute Gasteiger partial charge is 0.417 e. The third kappa shape index (κ3) is 5.87. The van der Waals surface area contributed by atoms with E-state index in [2.05, 4.69) is 0 Å². The molecular weight excluding hydrogens is 478 g/mol. The number of anilines is 1. The number of urea groups is 1. The highest BCUT2D eigenvalue weighted by Crippen LogP contribution is 2.36. The van der Waals surface area contributed by atoms with E-state index in [0.29, 0.717) is 15.9 Å². The maximum atomic E-state index is 13.4. The minimum Gasteiger partial charge on any atom is -0.422 e. The average molecular weight is 501 g/mol. The van der Waals surface area contributed by atoms with Gasteiger partial charge in [0.2, 0.25) is 0 Å². The Balaban J connectivity index is 2.59. The molecule has 0 bridgehead atoms. The van der Waals surface area contributed by atoms with Crippen molar-refractivity contribution in [2.24, 2.45) is 11.8 Å². The standard InChI is InChI=1S/C22H23F4N3O6/c1-11(2)18(31)34-20(35-19(32)12(3)4)16-17(30)29(21(33)28(16)8-7-23)14-6-5-13(10-27)15(9-14)22(24,25)26/h5-6,9,11-12,16,20H,7-8H2,1-4H3. The number of nitrogens with zero attached hydrogens (tertiary/aromatic N) is 3. The average Bonchev–Trinajstić information content (AvgIpc) is 3.01. The quantitative estimate of drug-likeness (QED) is 0.232. The van der Waals surface area contributed by atoms with Crippen LogP contribution in [0.25, 0.3) is 0 Å². The minimum atomic E-state index is -4.98. The van der Waals surface area contributed by atoms with Gasteiger partial charge in [-0.15, -0.1) is 0 Å². The van der Waals surface area contributed by atoms with Crippen LogP contribution in [0.3, 0.4) is 0 Å². The molecule has 0 saturated carbocycles. The molecule has 1 aromatic rings. The molecule has 190 valence electrons. The highest BCUT2D eigenvalue weighted by molar-refractivity contribution is 6.21. The Kier molecular flexibility index (Phi) is 8.43. The maximum absolute atomic E-state index is 13.4. The van der Waals surface area contributed by atoms with E-state index >= 15 is 0 Å². The van der Waals surface area contributed by atoms with E-state index in [1.807, 2.05) is 0 Å². The molecule has 1 aliphatic heterocycles. The van der Waals surface area contributed by atoms with Crippen molar-refractivity contribution in [2.75, 3.05) is 18.1 Å². The number of imide groups is 1. The van der Waals surface area contributed by atoms with E-state index in [1.54, 1.807) is 0 Å². The Morgan fingerprint density at radius 2 is 1.63 bits per heavy atom. The number of hydrogen-bond donors (Lipinski definition) is 0. The molecule has 1 fully saturated rings. The van der Waals surface area contributed by atoms with Gasteiger partial charge in [0.1, 0.15) is 6.67 Å². The first kappa shape index (κ1) is 27.6. The summed E-state index contributed by atoms with van der Waals surface area (Å²) in [6, 6.07) is 0.453. The molecule has 3 amide bonds. The van der Waals surface area contributed by atoms with E-state index in [4.69, 9.17) is 14.7 Å². The lowest BCUT2D eigenvalue weighted by molar-refractivity contribution is -0.201. The summed E-state index contributed by atoms with van der Waals surface area (Å²) in [7, 11) is 0. The number of halogens is 4. The highest BCUT2D eigenvalue weighted by Gasteiger charge is 2.53. The van der Waals surface area contributed by atoms with Crippen LogP contribution < -0.4 is 4.90 Å². The second kappa shape index (κ2) is 10.7. The van der Waals surface area contributed by atoms with E-state index in [-0.39, 0.29) is 0 Å². The van der Waals surface area contributed by atoms with Gasteiger partial charge in [0.15, 0.2) is 6.04 Å². The Labute approximate surface area is 198 Å². The molecule has 1 atom stereocenters. The van der Waals surface area contributed by atoms with Gasteiger partial charge >= 0.3 is 24.1 Å². The molecule has 2 rings (SSSR count). The van der Waals surface area contributed by atoms with Gasteiger partial charge in [-0.25, -0.2) is 14.1 Å². The number of carbonyl (C=O) groups is 4. The van der Waals surface area contributed by atoms with Gasteiger partial charge < -0.3 is 14.4 Å². The zero-order valence-electron chi connectivity index (χ0n) is 19.3. The Morgan fingerprint density at radius 1 is 1.09 bits per heavy atom.